The number of aromatic amines is 1. The zero-order chi connectivity index (χ0) is 17.2. The topological polar surface area (TPSA) is 121 Å². The summed E-state index contributed by atoms with van der Waals surface area (Å²) in [5.74, 6) is 0. The highest BCUT2D eigenvalue weighted by molar-refractivity contribution is 7.89. The van der Waals surface area contributed by atoms with Gasteiger partial charge in [-0.2, -0.15) is 9.40 Å². The number of aromatic nitrogens is 2. The number of nitrogens with one attached hydrogen (secondary N) is 2. The molecule has 0 amide bonds. The highest BCUT2D eigenvalue weighted by Crippen LogP contribution is 2.31. The highest BCUT2D eigenvalue weighted by Gasteiger charge is 2.28. The first-order chi connectivity index (χ1) is 11.5. The molecule has 2 aromatic rings. The van der Waals surface area contributed by atoms with E-state index in [0.29, 0.717) is 18.8 Å². The summed E-state index contributed by atoms with van der Waals surface area (Å²) < 4.78 is 26.7. The lowest BCUT2D eigenvalue weighted by molar-refractivity contribution is -0.384. The lowest BCUT2D eigenvalue weighted by atomic mass is 10.2. The standard InChI is InChI=1S/C14H17N5O4S/c20-19(21)14-8-12(24(22,23)18-6-2-1-3-7-18)4-5-13(14)17-11-9-15-16-10-11/h4-5,8-10,17H,1-3,6-7H2,(H,15,16). The van der Waals surface area contributed by atoms with E-state index in [1.165, 1.54) is 22.6 Å². The van der Waals surface area contributed by atoms with E-state index >= 15 is 0 Å². The number of H-pyrrole nitrogens is 1. The van der Waals surface area contributed by atoms with E-state index in [1.807, 2.05) is 0 Å². The molecule has 1 aromatic heterocycles. The Morgan fingerprint density at radius 3 is 2.62 bits per heavy atom. The molecule has 24 heavy (non-hydrogen) atoms. The van der Waals surface area contributed by atoms with Crippen molar-refractivity contribution >= 4 is 27.1 Å². The van der Waals surface area contributed by atoms with Gasteiger partial charge in [0.15, 0.2) is 0 Å². The number of rotatable bonds is 5. The molecule has 0 saturated carbocycles. The molecule has 128 valence electrons. The Labute approximate surface area is 138 Å². The highest BCUT2D eigenvalue weighted by atomic mass is 32.2. The minimum Gasteiger partial charge on any atom is -0.347 e. The van der Waals surface area contributed by atoms with Crippen LogP contribution in [0.4, 0.5) is 17.1 Å². The van der Waals surface area contributed by atoms with Gasteiger partial charge in [-0.25, -0.2) is 8.42 Å². The Kier molecular flexibility index (Phi) is 4.49. The van der Waals surface area contributed by atoms with Crippen molar-refractivity contribution in [3.05, 3.63) is 40.7 Å². The molecule has 0 radical (unpaired) electrons. The van der Waals surface area contributed by atoms with Gasteiger partial charge in [0, 0.05) is 25.4 Å². The number of sulfonamides is 1. The predicted molar refractivity (Wildman–Crippen MR) is 87.6 cm³/mol. The Hall–Kier alpha value is -2.46. The van der Waals surface area contributed by atoms with Crippen LogP contribution in [0.15, 0.2) is 35.5 Å². The monoisotopic (exact) mass is 351 g/mol. The van der Waals surface area contributed by atoms with Gasteiger partial charge in [-0.3, -0.25) is 15.2 Å². The van der Waals surface area contributed by atoms with Crippen molar-refractivity contribution in [1.29, 1.82) is 0 Å². The van der Waals surface area contributed by atoms with Crippen LogP contribution in [0.3, 0.4) is 0 Å². The van der Waals surface area contributed by atoms with Gasteiger partial charge < -0.3 is 5.32 Å². The fourth-order valence-electron chi connectivity index (χ4n) is 2.66. The third-order valence-electron chi connectivity index (χ3n) is 3.90. The van der Waals surface area contributed by atoms with Gasteiger partial charge in [0.1, 0.15) is 5.69 Å². The number of nitrogens with zero attached hydrogens (tertiary/aromatic N) is 3. The first-order valence-corrected chi connectivity index (χ1v) is 8.97. The molecule has 0 spiro atoms. The van der Waals surface area contributed by atoms with Crippen molar-refractivity contribution in [2.24, 2.45) is 0 Å². The molecule has 0 bridgehead atoms. The van der Waals surface area contributed by atoms with Crippen LogP contribution >= 0.6 is 0 Å². The quantitative estimate of drug-likeness (QED) is 0.629. The van der Waals surface area contributed by atoms with E-state index in [2.05, 4.69) is 15.5 Å². The Balaban J connectivity index is 1.95. The van der Waals surface area contributed by atoms with Gasteiger partial charge in [0.2, 0.25) is 10.0 Å². The second kappa shape index (κ2) is 6.57. The zero-order valence-electron chi connectivity index (χ0n) is 12.8. The summed E-state index contributed by atoms with van der Waals surface area (Å²) >= 11 is 0. The van der Waals surface area contributed by atoms with E-state index in [-0.39, 0.29) is 16.3 Å². The molecule has 0 aliphatic carbocycles. The second-order valence-electron chi connectivity index (χ2n) is 5.51. The number of benzene rings is 1. The summed E-state index contributed by atoms with van der Waals surface area (Å²) in [6.45, 7) is 0.899. The van der Waals surface area contributed by atoms with Crippen LogP contribution in [0.1, 0.15) is 19.3 Å². The van der Waals surface area contributed by atoms with Crippen LogP contribution < -0.4 is 5.32 Å². The summed E-state index contributed by atoms with van der Waals surface area (Å²) in [5.41, 5.74) is 0.456. The predicted octanol–water partition coefficient (Wildman–Crippen LogP) is 2.24. The van der Waals surface area contributed by atoms with Crippen LogP contribution in [-0.4, -0.2) is 40.9 Å². The molecule has 1 saturated heterocycles. The van der Waals surface area contributed by atoms with Gasteiger partial charge in [0.05, 0.1) is 21.7 Å². The van der Waals surface area contributed by atoms with Gasteiger partial charge in [-0.15, -0.1) is 0 Å². The number of hydrogen-bond donors (Lipinski definition) is 2. The number of piperidine rings is 1. The van der Waals surface area contributed by atoms with Crippen LogP contribution in [0.25, 0.3) is 0 Å². The molecule has 3 rings (SSSR count). The molecule has 2 heterocycles. The molecule has 10 heteroatoms. The van der Waals surface area contributed by atoms with Crippen molar-refractivity contribution in [2.45, 2.75) is 24.2 Å². The first kappa shape index (κ1) is 16.4. The summed E-state index contributed by atoms with van der Waals surface area (Å²) in [6.07, 6.45) is 5.63. The molecule has 9 nitrogen and oxygen atoms in total. The van der Waals surface area contributed by atoms with E-state index in [1.54, 1.807) is 6.20 Å². The molecule has 1 fully saturated rings. The fraction of sp³-hybridized carbons (Fsp3) is 0.357. The van der Waals surface area contributed by atoms with Crippen LogP contribution in [-0.2, 0) is 10.0 Å². The fourth-order valence-corrected chi connectivity index (χ4v) is 4.20. The first-order valence-electron chi connectivity index (χ1n) is 7.53. The Morgan fingerprint density at radius 1 is 1.25 bits per heavy atom. The number of nitro benzene ring substituents is 1. The van der Waals surface area contributed by atoms with Gasteiger partial charge >= 0.3 is 0 Å². The second-order valence-corrected chi connectivity index (χ2v) is 7.45. The van der Waals surface area contributed by atoms with Gasteiger partial charge in [-0.05, 0) is 25.0 Å². The number of hydrogen-bond acceptors (Lipinski definition) is 6. The van der Waals surface area contributed by atoms with Gasteiger partial charge in [0.25, 0.3) is 5.69 Å². The normalized spacial score (nSPS) is 16.0. The molecule has 1 aliphatic heterocycles. The molecule has 0 atom stereocenters. The molecule has 1 aromatic carbocycles. The van der Waals surface area contributed by atoms with Crippen molar-refractivity contribution in [2.75, 3.05) is 18.4 Å². The summed E-state index contributed by atoms with van der Waals surface area (Å²) in [6, 6.07) is 3.90. The van der Waals surface area contributed by atoms with Crippen molar-refractivity contribution in [3.63, 3.8) is 0 Å². The maximum Gasteiger partial charge on any atom is 0.294 e. The molecule has 2 N–H and O–H groups in total. The van der Waals surface area contributed by atoms with Crippen LogP contribution in [0.2, 0.25) is 0 Å². The maximum atomic E-state index is 12.7. The minimum atomic E-state index is -3.71. The van der Waals surface area contributed by atoms with Crippen molar-refractivity contribution in [3.8, 4) is 0 Å². The molecular formula is C14H17N5O4S. The van der Waals surface area contributed by atoms with Crippen molar-refractivity contribution < 1.29 is 13.3 Å². The molecule has 0 unspecified atom stereocenters. The smallest absolute Gasteiger partial charge is 0.294 e. The van der Waals surface area contributed by atoms with Gasteiger partial charge in [-0.1, -0.05) is 6.42 Å². The van der Waals surface area contributed by atoms with Crippen LogP contribution in [0, 0.1) is 10.1 Å². The largest absolute Gasteiger partial charge is 0.347 e. The average molecular weight is 351 g/mol. The summed E-state index contributed by atoms with van der Waals surface area (Å²) in [7, 11) is -3.71. The Morgan fingerprint density at radius 2 is 2.00 bits per heavy atom. The van der Waals surface area contributed by atoms with E-state index in [9.17, 15) is 18.5 Å². The minimum absolute atomic E-state index is 0.0613. The van der Waals surface area contributed by atoms with E-state index < -0.39 is 14.9 Å². The Bertz CT molecular complexity index is 829. The summed E-state index contributed by atoms with van der Waals surface area (Å²) in [4.78, 5) is 10.7. The molecule has 1 aliphatic rings. The number of anilines is 2. The summed E-state index contributed by atoms with van der Waals surface area (Å²) in [5, 5.41) is 20.5. The van der Waals surface area contributed by atoms with E-state index in [0.717, 1.165) is 25.3 Å². The third kappa shape index (κ3) is 3.24. The maximum absolute atomic E-state index is 12.7. The number of nitro groups is 1. The van der Waals surface area contributed by atoms with Crippen LogP contribution in [0.5, 0.6) is 0 Å². The lowest BCUT2D eigenvalue weighted by Crippen LogP contribution is -2.35. The van der Waals surface area contributed by atoms with Crippen molar-refractivity contribution in [1.82, 2.24) is 14.5 Å². The third-order valence-corrected chi connectivity index (χ3v) is 5.79. The lowest BCUT2D eigenvalue weighted by Gasteiger charge is -2.25. The average Bonchev–Trinajstić information content (AvgIpc) is 3.08. The zero-order valence-corrected chi connectivity index (χ0v) is 13.6. The van der Waals surface area contributed by atoms with E-state index in [4.69, 9.17) is 0 Å². The SMILES string of the molecule is O=[N+]([O-])c1cc(S(=O)(=O)N2CCCCC2)ccc1Nc1cn[nH]c1. The molecular weight excluding hydrogens is 334 g/mol.